The normalized spacial score (nSPS) is 25.6. The van der Waals surface area contributed by atoms with Gasteiger partial charge in [-0.3, -0.25) is 0 Å². The standard InChI is InChI=1S/C10H16F2O5/c1-4-15-8(14)10(11,12)7(13)6-5-16-9(2,3)17-6/h6-7,13H,4-5H2,1-3H3/t6-,7?/m1/s1. The number of aliphatic hydroxyl groups excluding tert-OH is 1. The lowest BCUT2D eigenvalue weighted by Crippen LogP contribution is -2.50. The van der Waals surface area contributed by atoms with Crippen molar-refractivity contribution in [1.82, 2.24) is 0 Å². The van der Waals surface area contributed by atoms with Gasteiger partial charge < -0.3 is 19.3 Å². The SMILES string of the molecule is CCOC(=O)C(F)(F)C(O)[C@H]1COC(C)(C)O1. The first-order valence-corrected chi connectivity index (χ1v) is 5.25. The van der Waals surface area contributed by atoms with Crippen LogP contribution in [0, 0.1) is 0 Å². The molecule has 0 spiro atoms. The maximum Gasteiger partial charge on any atom is 0.379 e. The molecule has 1 aliphatic heterocycles. The van der Waals surface area contributed by atoms with Crippen molar-refractivity contribution in [1.29, 1.82) is 0 Å². The summed E-state index contributed by atoms with van der Waals surface area (Å²) >= 11 is 0. The average Bonchev–Trinajstić information content (AvgIpc) is 2.58. The van der Waals surface area contributed by atoms with Crippen LogP contribution in [0.15, 0.2) is 0 Å². The molecule has 5 nitrogen and oxygen atoms in total. The highest BCUT2D eigenvalue weighted by atomic mass is 19.3. The molecule has 2 atom stereocenters. The maximum atomic E-state index is 13.4. The minimum absolute atomic E-state index is 0.186. The second-order valence-corrected chi connectivity index (χ2v) is 4.16. The second kappa shape index (κ2) is 4.83. The number of rotatable bonds is 4. The van der Waals surface area contributed by atoms with Crippen LogP contribution in [0.3, 0.4) is 0 Å². The molecule has 1 N–H and O–H groups in total. The third-order valence-electron chi connectivity index (χ3n) is 2.30. The topological polar surface area (TPSA) is 65.0 Å². The lowest BCUT2D eigenvalue weighted by Gasteiger charge is -2.25. The number of carbonyl (C=O) groups excluding carboxylic acids is 1. The number of alkyl halides is 2. The fourth-order valence-corrected chi connectivity index (χ4v) is 1.45. The van der Waals surface area contributed by atoms with Crippen molar-refractivity contribution < 1.29 is 32.9 Å². The number of hydrogen-bond donors (Lipinski definition) is 1. The van der Waals surface area contributed by atoms with E-state index in [1.165, 1.54) is 20.8 Å². The molecule has 1 heterocycles. The molecule has 0 radical (unpaired) electrons. The third-order valence-corrected chi connectivity index (χ3v) is 2.30. The zero-order chi connectivity index (χ0) is 13.3. The van der Waals surface area contributed by atoms with Gasteiger partial charge in [-0.25, -0.2) is 4.79 Å². The molecule has 1 saturated heterocycles. The van der Waals surface area contributed by atoms with E-state index in [4.69, 9.17) is 9.47 Å². The predicted molar refractivity (Wildman–Crippen MR) is 52.5 cm³/mol. The molecule has 1 fully saturated rings. The van der Waals surface area contributed by atoms with Gasteiger partial charge in [0.2, 0.25) is 0 Å². The van der Waals surface area contributed by atoms with E-state index in [0.717, 1.165) is 0 Å². The van der Waals surface area contributed by atoms with E-state index >= 15 is 0 Å². The highest BCUT2D eigenvalue weighted by Gasteiger charge is 2.54. The van der Waals surface area contributed by atoms with Gasteiger partial charge in [0.05, 0.1) is 13.2 Å². The van der Waals surface area contributed by atoms with Crippen LogP contribution < -0.4 is 0 Å². The number of carbonyl (C=O) groups is 1. The third kappa shape index (κ3) is 3.11. The molecule has 1 aliphatic rings. The smallest absolute Gasteiger partial charge is 0.379 e. The molecular weight excluding hydrogens is 238 g/mol. The van der Waals surface area contributed by atoms with Crippen LogP contribution in [0.4, 0.5) is 8.78 Å². The van der Waals surface area contributed by atoms with E-state index in [1.807, 2.05) is 0 Å². The number of ether oxygens (including phenoxy) is 3. The van der Waals surface area contributed by atoms with Crippen molar-refractivity contribution in [2.45, 2.75) is 44.7 Å². The molecule has 1 unspecified atom stereocenters. The average molecular weight is 254 g/mol. The summed E-state index contributed by atoms with van der Waals surface area (Å²) in [6.07, 6.45) is -3.55. The van der Waals surface area contributed by atoms with Gasteiger partial charge in [0, 0.05) is 0 Å². The van der Waals surface area contributed by atoms with Gasteiger partial charge in [0.1, 0.15) is 6.10 Å². The van der Waals surface area contributed by atoms with Gasteiger partial charge in [-0.2, -0.15) is 8.78 Å². The fraction of sp³-hybridized carbons (Fsp3) is 0.900. The summed E-state index contributed by atoms with van der Waals surface area (Å²) in [5.74, 6) is -6.82. The van der Waals surface area contributed by atoms with Crippen molar-refractivity contribution in [2.75, 3.05) is 13.2 Å². The molecule has 0 aliphatic carbocycles. The molecule has 0 aromatic carbocycles. The van der Waals surface area contributed by atoms with Crippen molar-refractivity contribution >= 4 is 5.97 Å². The lowest BCUT2D eigenvalue weighted by molar-refractivity contribution is -0.210. The van der Waals surface area contributed by atoms with Crippen LogP contribution in [0.25, 0.3) is 0 Å². The Morgan fingerprint density at radius 3 is 2.65 bits per heavy atom. The first-order chi connectivity index (χ1) is 7.70. The van der Waals surface area contributed by atoms with Gasteiger partial charge >= 0.3 is 11.9 Å². The number of aliphatic hydroxyl groups is 1. The Bertz CT molecular complexity index is 292. The molecule has 0 amide bonds. The Balaban J connectivity index is 2.69. The summed E-state index contributed by atoms with van der Waals surface area (Å²) < 4.78 is 41.2. The number of esters is 1. The molecular formula is C10H16F2O5. The summed E-state index contributed by atoms with van der Waals surface area (Å²) in [6.45, 7) is 4.07. The van der Waals surface area contributed by atoms with Crippen LogP contribution in [0.2, 0.25) is 0 Å². The van der Waals surface area contributed by atoms with Crippen LogP contribution in [0.1, 0.15) is 20.8 Å². The van der Waals surface area contributed by atoms with Crippen molar-refractivity contribution in [3.05, 3.63) is 0 Å². The van der Waals surface area contributed by atoms with Gasteiger partial charge in [-0.15, -0.1) is 0 Å². The zero-order valence-corrected chi connectivity index (χ0v) is 9.91. The summed E-state index contributed by atoms with van der Waals surface area (Å²) in [5, 5.41) is 9.45. The molecule has 0 aromatic rings. The van der Waals surface area contributed by atoms with E-state index in [9.17, 15) is 18.7 Å². The minimum Gasteiger partial charge on any atom is -0.461 e. The van der Waals surface area contributed by atoms with Crippen molar-refractivity contribution in [3.63, 3.8) is 0 Å². The largest absolute Gasteiger partial charge is 0.461 e. The fourth-order valence-electron chi connectivity index (χ4n) is 1.45. The first kappa shape index (κ1) is 14.3. The molecule has 7 heteroatoms. The molecule has 17 heavy (non-hydrogen) atoms. The van der Waals surface area contributed by atoms with Gasteiger partial charge in [-0.1, -0.05) is 0 Å². The van der Waals surface area contributed by atoms with E-state index in [2.05, 4.69) is 4.74 Å². The van der Waals surface area contributed by atoms with E-state index in [-0.39, 0.29) is 13.2 Å². The van der Waals surface area contributed by atoms with Crippen molar-refractivity contribution in [2.24, 2.45) is 0 Å². The number of hydrogen-bond acceptors (Lipinski definition) is 5. The van der Waals surface area contributed by atoms with Gasteiger partial charge in [0.25, 0.3) is 0 Å². The molecule has 0 saturated carbocycles. The molecule has 0 bridgehead atoms. The summed E-state index contributed by atoms with van der Waals surface area (Å²) in [6, 6.07) is 0. The van der Waals surface area contributed by atoms with Crippen molar-refractivity contribution in [3.8, 4) is 0 Å². The second-order valence-electron chi connectivity index (χ2n) is 4.16. The lowest BCUT2D eigenvalue weighted by atomic mass is 10.1. The number of halogens is 2. The van der Waals surface area contributed by atoms with Gasteiger partial charge in [0.15, 0.2) is 11.9 Å². The molecule has 100 valence electrons. The first-order valence-electron chi connectivity index (χ1n) is 5.25. The van der Waals surface area contributed by atoms with Crippen LogP contribution in [0.5, 0.6) is 0 Å². The highest BCUT2D eigenvalue weighted by molar-refractivity contribution is 5.78. The van der Waals surface area contributed by atoms with E-state index < -0.39 is 29.9 Å². The predicted octanol–water partition coefficient (Wildman–Crippen LogP) is 0.697. The van der Waals surface area contributed by atoms with Crippen LogP contribution in [-0.4, -0.2) is 48.2 Å². The Kier molecular flexibility index (Phi) is 4.06. The Hall–Kier alpha value is -0.790. The Morgan fingerprint density at radius 2 is 2.24 bits per heavy atom. The van der Waals surface area contributed by atoms with Crippen LogP contribution >= 0.6 is 0 Å². The van der Waals surface area contributed by atoms with Gasteiger partial charge in [-0.05, 0) is 20.8 Å². The Morgan fingerprint density at radius 1 is 1.65 bits per heavy atom. The summed E-state index contributed by atoms with van der Waals surface area (Å²) in [5.41, 5.74) is 0. The van der Waals surface area contributed by atoms with E-state index in [1.54, 1.807) is 0 Å². The highest BCUT2D eigenvalue weighted by Crippen LogP contribution is 2.31. The monoisotopic (exact) mass is 254 g/mol. The van der Waals surface area contributed by atoms with E-state index in [0.29, 0.717) is 0 Å². The minimum atomic E-state index is -4.01. The molecule has 1 rings (SSSR count). The summed E-state index contributed by atoms with van der Waals surface area (Å²) in [7, 11) is 0. The Labute approximate surface area is 97.6 Å². The maximum absolute atomic E-state index is 13.4. The molecule has 0 aromatic heterocycles. The zero-order valence-electron chi connectivity index (χ0n) is 9.91. The van der Waals surface area contributed by atoms with Crippen LogP contribution in [-0.2, 0) is 19.0 Å². The quantitative estimate of drug-likeness (QED) is 0.748. The summed E-state index contributed by atoms with van der Waals surface area (Å²) in [4.78, 5) is 11.0.